The third-order valence-electron chi connectivity index (χ3n) is 6.02. The zero-order chi connectivity index (χ0) is 14.9. The number of halogens is 1. The van der Waals surface area contributed by atoms with Crippen LogP contribution in [0.2, 0.25) is 5.02 Å². The summed E-state index contributed by atoms with van der Waals surface area (Å²) in [4.78, 5) is 14.8. The zero-order valence-corrected chi connectivity index (χ0v) is 13.0. The van der Waals surface area contributed by atoms with E-state index in [-0.39, 0.29) is 5.91 Å². The van der Waals surface area contributed by atoms with Crippen LogP contribution in [-0.4, -0.2) is 23.5 Å². The second-order valence-electron chi connectivity index (χ2n) is 6.97. The van der Waals surface area contributed by atoms with E-state index in [1.165, 1.54) is 6.42 Å². The van der Waals surface area contributed by atoms with Crippen molar-refractivity contribution >= 4 is 17.5 Å². The molecule has 3 nitrogen and oxygen atoms in total. The maximum atomic E-state index is 12.7. The molecule has 2 aliphatic heterocycles. The van der Waals surface area contributed by atoms with Gasteiger partial charge in [-0.05, 0) is 30.4 Å². The van der Waals surface area contributed by atoms with Crippen molar-refractivity contribution in [1.29, 1.82) is 0 Å². The van der Waals surface area contributed by atoms with Gasteiger partial charge in [-0.15, -0.1) is 0 Å². The quantitative estimate of drug-likeness (QED) is 0.744. The molecule has 4 heteroatoms. The minimum atomic E-state index is -0.568. The summed E-state index contributed by atoms with van der Waals surface area (Å²) < 4.78 is 6.38. The average Bonchev–Trinajstić information content (AvgIpc) is 3.22. The summed E-state index contributed by atoms with van der Waals surface area (Å²) in [6, 6.07) is 8.12. The highest BCUT2D eigenvalue weighted by atomic mass is 35.5. The van der Waals surface area contributed by atoms with Crippen LogP contribution in [0.25, 0.3) is 0 Å². The number of benzene rings is 1. The van der Waals surface area contributed by atoms with Gasteiger partial charge in [-0.1, -0.05) is 35.9 Å². The van der Waals surface area contributed by atoms with Crippen molar-refractivity contribution < 1.29 is 9.53 Å². The molecule has 2 bridgehead atoms. The van der Waals surface area contributed by atoms with E-state index >= 15 is 0 Å². The molecule has 2 saturated heterocycles. The predicted octanol–water partition coefficient (Wildman–Crippen LogP) is 3.34. The van der Waals surface area contributed by atoms with Crippen LogP contribution in [0.4, 0.5) is 0 Å². The fourth-order valence-electron chi connectivity index (χ4n) is 5.08. The van der Waals surface area contributed by atoms with Crippen LogP contribution in [0, 0.1) is 17.8 Å². The summed E-state index contributed by atoms with van der Waals surface area (Å²) in [6.07, 6.45) is 7.14. The van der Waals surface area contributed by atoms with E-state index in [1.807, 2.05) is 24.3 Å². The van der Waals surface area contributed by atoms with Crippen molar-refractivity contribution in [1.82, 2.24) is 4.90 Å². The molecular weight excluding hydrogens is 298 g/mol. The Morgan fingerprint density at radius 3 is 2.77 bits per heavy atom. The van der Waals surface area contributed by atoms with E-state index in [0.717, 1.165) is 18.6 Å². The van der Waals surface area contributed by atoms with Crippen LogP contribution in [-0.2, 0) is 15.3 Å². The first-order chi connectivity index (χ1) is 10.7. The van der Waals surface area contributed by atoms with Gasteiger partial charge in [-0.3, -0.25) is 4.79 Å². The molecule has 1 aromatic carbocycles. The van der Waals surface area contributed by atoms with Crippen molar-refractivity contribution in [2.24, 2.45) is 17.8 Å². The number of nitrogens with zero attached hydrogens (tertiary/aromatic N) is 1. The summed E-state index contributed by atoms with van der Waals surface area (Å²) in [5.41, 5.74) is 0.495. The molecule has 2 heterocycles. The van der Waals surface area contributed by atoms with Crippen molar-refractivity contribution in [3.8, 4) is 0 Å². The molecule has 1 amide bonds. The van der Waals surface area contributed by atoms with Crippen molar-refractivity contribution in [3.63, 3.8) is 0 Å². The second-order valence-corrected chi connectivity index (χ2v) is 7.41. The number of hydrogen-bond acceptors (Lipinski definition) is 2. The van der Waals surface area contributed by atoms with Gasteiger partial charge in [0.05, 0.1) is 6.61 Å². The van der Waals surface area contributed by atoms with Gasteiger partial charge in [0.1, 0.15) is 0 Å². The monoisotopic (exact) mass is 315 g/mol. The van der Waals surface area contributed by atoms with Gasteiger partial charge in [-0.25, -0.2) is 0 Å². The van der Waals surface area contributed by atoms with Crippen molar-refractivity contribution in [2.45, 2.75) is 31.0 Å². The fourth-order valence-corrected chi connectivity index (χ4v) is 5.21. The van der Waals surface area contributed by atoms with E-state index in [0.29, 0.717) is 35.2 Å². The van der Waals surface area contributed by atoms with E-state index in [4.69, 9.17) is 16.3 Å². The first-order valence-electron chi connectivity index (χ1n) is 8.09. The summed E-state index contributed by atoms with van der Waals surface area (Å²) in [5.74, 6) is 1.81. The maximum absolute atomic E-state index is 12.7. The molecule has 0 radical (unpaired) electrons. The lowest BCUT2D eigenvalue weighted by Crippen LogP contribution is -2.60. The largest absolute Gasteiger partial charge is 0.351 e. The highest BCUT2D eigenvalue weighted by molar-refractivity contribution is 6.30. The van der Waals surface area contributed by atoms with Gasteiger partial charge in [0.15, 0.2) is 5.72 Å². The van der Waals surface area contributed by atoms with Gasteiger partial charge in [0.25, 0.3) is 0 Å². The highest BCUT2D eigenvalue weighted by Crippen LogP contribution is 2.56. The van der Waals surface area contributed by atoms with Crippen LogP contribution in [0.3, 0.4) is 0 Å². The topological polar surface area (TPSA) is 29.5 Å². The Morgan fingerprint density at radius 2 is 1.95 bits per heavy atom. The summed E-state index contributed by atoms with van der Waals surface area (Å²) in [7, 11) is 0. The summed E-state index contributed by atoms with van der Waals surface area (Å²) in [6.45, 7) is 0.753. The molecule has 4 aliphatic rings. The fraction of sp³-hybridized carbons (Fsp3) is 0.500. The lowest BCUT2D eigenvalue weighted by Gasteiger charge is -2.51. The van der Waals surface area contributed by atoms with Gasteiger partial charge in [0.2, 0.25) is 5.91 Å². The molecule has 1 saturated carbocycles. The molecule has 3 fully saturated rings. The molecule has 0 N–H and O–H groups in total. The Bertz CT molecular complexity index is 670. The van der Waals surface area contributed by atoms with Gasteiger partial charge in [-0.2, -0.15) is 0 Å². The highest BCUT2D eigenvalue weighted by Gasteiger charge is 2.61. The molecule has 114 valence electrons. The lowest BCUT2D eigenvalue weighted by atomic mass is 9.84. The molecule has 2 aliphatic carbocycles. The Kier molecular flexibility index (Phi) is 2.61. The number of hydrogen-bond donors (Lipinski definition) is 0. The molecule has 5 rings (SSSR count). The molecule has 1 aromatic rings. The van der Waals surface area contributed by atoms with Crippen LogP contribution in [0.15, 0.2) is 36.4 Å². The van der Waals surface area contributed by atoms with Gasteiger partial charge < -0.3 is 9.64 Å². The minimum Gasteiger partial charge on any atom is -0.351 e. The lowest BCUT2D eigenvalue weighted by molar-refractivity contribution is -0.218. The summed E-state index contributed by atoms with van der Waals surface area (Å²) >= 11 is 6.03. The number of carbonyl (C=O) groups excluding carboxylic acids is 1. The Balaban J connectivity index is 1.62. The van der Waals surface area contributed by atoms with Crippen LogP contribution < -0.4 is 0 Å². The van der Waals surface area contributed by atoms with Crippen LogP contribution in [0.1, 0.15) is 24.8 Å². The van der Waals surface area contributed by atoms with Crippen molar-refractivity contribution in [2.75, 3.05) is 6.61 Å². The van der Waals surface area contributed by atoms with Gasteiger partial charge >= 0.3 is 0 Å². The smallest absolute Gasteiger partial charge is 0.225 e. The van der Waals surface area contributed by atoms with Crippen LogP contribution in [0.5, 0.6) is 0 Å². The molecule has 3 unspecified atom stereocenters. The van der Waals surface area contributed by atoms with Gasteiger partial charge in [0, 0.05) is 35.4 Å². The van der Waals surface area contributed by atoms with E-state index in [1.54, 1.807) is 0 Å². The number of ether oxygens (including phenoxy) is 1. The maximum Gasteiger partial charge on any atom is 0.225 e. The van der Waals surface area contributed by atoms with Crippen LogP contribution >= 0.6 is 11.6 Å². The van der Waals surface area contributed by atoms with E-state index in [9.17, 15) is 4.79 Å². The van der Waals surface area contributed by atoms with Crippen molar-refractivity contribution in [3.05, 3.63) is 47.0 Å². The zero-order valence-electron chi connectivity index (χ0n) is 12.2. The number of fused-ring (bicyclic) bond motifs is 7. The Hall–Kier alpha value is -1.32. The molecular formula is C18H18ClNO2. The summed E-state index contributed by atoms with van der Waals surface area (Å²) in [5, 5.41) is 0.715. The third kappa shape index (κ3) is 1.53. The second kappa shape index (κ2) is 4.36. The number of rotatable bonds is 1. The molecule has 5 atom stereocenters. The first kappa shape index (κ1) is 13.1. The Morgan fingerprint density at radius 1 is 1.18 bits per heavy atom. The first-order valence-corrected chi connectivity index (χ1v) is 8.47. The molecule has 22 heavy (non-hydrogen) atoms. The standard InChI is InChI=1S/C18H18ClNO2/c19-14-5-3-13(4-6-14)18-8-7-16(21)20(18)17-12-2-1-11(9-12)15(17)10-22-18/h1-6,11-12,15,17H,7-10H2/t11-,12+,15?,17?,18?/m0/s1. The number of allylic oxidation sites excluding steroid dienone is 1. The number of carbonyl (C=O) groups is 1. The predicted molar refractivity (Wildman–Crippen MR) is 83.2 cm³/mol. The SMILES string of the molecule is O=C1CCC2(c3ccc(Cl)cc3)OCC3C([C@@H]4C=C[C@H]3C4)N12. The Labute approximate surface area is 134 Å². The normalized spacial score (nSPS) is 41.9. The minimum absolute atomic E-state index is 0.241. The average molecular weight is 316 g/mol. The number of amides is 1. The van der Waals surface area contributed by atoms with E-state index in [2.05, 4.69) is 17.1 Å². The molecule has 0 aromatic heterocycles. The van der Waals surface area contributed by atoms with E-state index < -0.39 is 5.72 Å². The molecule has 0 spiro atoms. The third-order valence-corrected chi connectivity index (χ3v) is 6.27.